The van der Waals surface area contributed by atoms with Gasteiger partial charge in [0.2, 0.25) is 0 Å². The van der Waals surface area contributed by atoms with Gasteiger partial charge in [0.05, 0.1) is 6.04 Å². The maximum atomic E-state index is 4.53. The lowest BCUT2D eigenvalue weighted by Gasteiger charge is -2.21. The molecule has 1 N–H and O–H groups in total. The fourth-order valence-electron chi connectivity index (χ4n) is 3.65. The van der Waals surface area contributed by atoms with Crippen LogP contribution in [0.15, 0.2) is 48.7 Å². The fourth-order valence-corrected chi connectivity index (χ4v) is 3.65. The highest BCUT2D eigenvalue weighted by atomic mass is 15.0. The van der Waals surface area contributed by atoms with E-state index in [-0.39, 0.29) is 0 Å². The van der Waals surface area contributed by atoms with Crippen LogP contribution in [0.3, 0.4) is 0 Å². The predicted molar refractivity (Wildman–Crippen MR) is 118 cm³/mol. The van der Waals surface area contributed by atoms with Gasteiger partial charge in [-0.3, -0.25) is 0 Å². The van der Waals surface area contributed by atoms with Gasteiger partial charge in [-0.05, 0) is 30.5 Å². The Morgan fingerprint density at radius 3 is 2.04 bits per heavy atom. The van der Waals surface area contributed by atoms with E-state index in [1.165, 1.54) is 75.3 Å². The number of benzene rings is 1. The molecule has 1 aromatic heterocycles. The molecule has 0 saturated heterocycles. The molecule has 0 spiro atoms. The zero-order valence-corrected chi connectivity index (χ0v) is 17.4. The highest BCUT2D eigenvalue weighted by Gasteiger charge is 2.12. The van der Waals surface area contributed by atoms with Gasteiger partial charge in [-0.2, -0.15) is 0 Å². The maximum absolute atomic E-state index is 4.53. The number of rotatable bonds is 14. The Kier molecular flexibility index (Phi) is 10.6. The molecule has 2 heteroatoms. The quantitative estimate of drug-likeness (QED) is 0.344. The van der Waals surface area contributed by atoms with E-state index < -0.39 is 0 Å². The molecular weight excluding hydrogens is 328 g/mol. The number of unbranched alkanes of at least 4 members (excludes halogenated alkanes) is 9. The van der Waals surface area contributed by atoms with Gasteiger partial charge in [-0.25, -0.2) is 4.98 Å². The first kappa shape index (κ1) is 21.5. The van der Waals surface area contributed by atoms with E-state index in [2.05, 4.69) is 60.5 Å². The summed E-state index contributed by atoms with van der Waals surface area (Å²) in [7, 11) is 0. The van der Waals surface area contributed by atoms with Crippen LogP contribution in [-0.2, 0) is 0 Å². The Morgan fingerprint density at radius 1 is 0.778 bits per heavy atom. The lowest BCUT2D eigenvalue weighted by molar-refractivity contribution is 0.537. The molecule has 0 saturated carbocycles. The maximum Gasteiger partial charge on any atom is 0.129 e. The van der Waals surface area contributed by atoms with E-state index in [0.29, 0.717) is 6.04 Å². The first-order valence-corrected chi connectivity index (χ1v) is 11.0. The molecule has 0 aliphatic carbocycles. The molecule has 1 atom stereocenters. The second-order valence-electron chi connectivity index (χ2n) is 7.75. The summed E-state index contributed by atoms with van der Waals surface area (Å²) in [4.78, 5) is 4.53. The summed E-state index contributed by atoms with van der Waals surface area (Å²) in [6, 6.07) is 15.3. The first-order valence-electron chi connectivity index (χ1n) is 11.0. The van der Waals surface area contributed by atoms with Gasteiger partial charge in [0.1, 0.15) is 5.82 Å². The molecule has 1 unspecified atom stereocenters. The third-order valence-corrected chi connectivity index (χ3v) is 5.37. The zero-order valence-electron chi connectivity index (χ0n) is 17.4. The van der Waals surface area contributed by atoms with Crippen LogP contribution < -0.4 is 5.32 Å². The van der Waals surface area contributed by atoms with Crippen LogP contribution >= 0.6 is 0 Å². The summed E-state index contributed by atoms with van der Waals surface area (Å²) < 4.78 is 0. The Bertz CT molecular complexity index is 609. The average molecular weight is 367 g/mol. The molecule has 0 bridgehead atoms. The number of nitrogens with zero attached hydrogens (tertiary/aromatic N) is 1. The Hall–Kier alpha value is -1.83. The van der Waals surface area contributed by atoms with Crippen molar-refractivity contribution in [2.24, 2.45) is 0 Å². The van der Waals surface area contributed by atoms with Crippen molar-refractivity contribution in [3.05, 3.63) is 59.8 Å². The molecule has 0 aliphatic rings. The Balaban J connectivity index is 1.73. The van der Waals surface area contributed by atoms with Gasteiger partial charge >= 0.3 is 0 Å². The van der Waals surface area contributed by atoms with E-state index >= 15 is 0 Å². The highest BCUT2D eigenvalue weighted by Crippen LogP contribution is 2.25. The van der Waals surface area contributed by atoms with Crippen LogP contribution in [0.2, 0.25) is 0 Å². The molecular formula is C25H38N2. The molecule has 0 amide bonds. The highest BCUT2D eigenvalue weighted by molar-refractivity contribution is 5.45. The summed E-state index contributed by atoms with van der Waals surface area (Å²) in [5.41, 5.74) is 2.57. The van der Waals surface area contributed by atoms with Gasteiger partial charge in [0.15, 0.2) is 0 Å². The van der Waals surface area contributed by atoms with Crippen molar-refractivity contribution in [1.29, 1.82) is 0 Å². The monoisotopic (exact) mass is 366 g/mol. The number of aromatic nitrogens is 1. The fraction of sp³-hybridized carbons (Fsp3) is 0.560. The molecule has 0 radical (unpaired) electrons. The molecule has 2 aromatic rings. The van der Waals surface area contributed by atoms with E-state index in [1.54, 1.807) is 0 Å². The second kappa shape index (κ2) is 13.4. The Morgan fingerprint density at radius 2 is 1.41 bits per heavy atom. The largest absolute Gasteiger partial charge is 0.363 e. The summed E-state index contributed by atoms with van der Waals surface area (Å²) in [5.74, 6) is 1.01. The third kappa shape index (κ3) is 8.60. The molecule has 1 heterocycles. The van der Waals surface area contributed by atoms with Gasteiger partial charge < -0.3 is 5.32 Å². The van der Waals surface area contributed by atoms with Gasteiger partial charge in [0.25, 0.3) is 0 Å². The molecule has 1 aromatic carbocycles. The van der Waals surface area contributed by atoms with Crippen molar-refractivity contribution in [2.45, 2.75) is 90.5 Å². The molecule has 0 fully saturated rings. The first-order chi connectivity index (χ1) is 13.3. The molecule has 148 valence electrons. The molecule has 27 heavy (non-hydrogen) atoms. The summed E-state index contributed by atoms with van der Waals surface area (Å²) in [6.07, 6.45) is 16.9. The van der Waals surface area contributed by atoms with Crippen molar-refractivity contribution < 1.29 is 0 Å². The minimum Gasteiger partial charge on any atom is -0.363 e. The van der Waals surface area contributed by atoms with Crippen molar-refractivity contribution in [3.8, 4) is 0 Å². The lowest BCUT2D eigenvalue weighted by Crippen LogP contribution is -2.12. The lowest BCUT2D eigenvalue weighted by atomic mass is 9.99. The van der Waals surface area contributed by atoms with Crippen LogP contribution in [0, 0.1) is 6.92 Å². The number of hydrogen-bond donors (Lipinski definition) is 1. The van der Waals surface area contributed by atoms with Crippen LogP contribution in [0.25, 0.3) is 0 Å². The number of nitrogens with one attached hydrogen (secondary N) is 1. The third-order valence-electron chi connectivity index (χ3n) is 5.37. The minimum atomic E-state index is 0.342. The summed E-state index contributed by atoms with van der Waals surface area (Å²) >= 11 is 0. The number of anilines is 1. The van der Waals surface area contributed by atoms with Crippen LogP contribution in [0.4, 0.5) is 5.82 Å². The minimum absolute atomic E-state index is 0.342. The SMILES string of the molecule is CCCCCCCCCCCCC(Nc1ncccc1C)c1ccccc1. The molecule has 2 nitrogen and oxygen atoms in total. The summed E-state index contributed by atoms with van der Waals surface area (Å²) in [5, 5.41) is 3.68. The number of pyridine rings is 1. The van der Waals surface area contributed by atoms with Gasteiger partial charge in [0, 0.05) is 6.20 Å². The standard InChI is InChI=1S/C25H38N2/c1-3-4-5-6-7-8-9-10-11-15-20-24(23-18-13-12-14-19-23)27-25-22(2)17-16-21-26-25/h12-14,16-19,21,24H,3-11,15,20H2,1-2H3,(H,26,27). The molecule has 2 rings (SSSR count). The van der Waals surface area contributed by atoms with Crippen molar-refractivity contribution in [1.82, 2.24) is 4.98 Å². The molecule has 0 aliphatic heterocycles. The van der Waals surface area contributed by atoms with E-state index in [0.717, 1.165) is 12.2 Å². The van der Waals surface area contributed by atoms with E-state index in [9.17, 15) is 0 Å². The van der Waals surface area contributed by atoms with Crippen LogP contribution in [0.1, 0.15) is 94.7 Å². The van der Waals surface area contributed by atoms with Gasteiger partial charge in [-0.15, -0.1) is 0 Å². The summed E-state index contributed by atoms with van der Waals surface area (Å²) in [6.45, 7) is 4.41. The van der Waals surface area contributed by atoms with Crippen LogP contribution in [-0.4, -0.2) is 4.98 Å². The van der Waals surface area contributed by atoms with Crippen molar-refractivity contribution in [3.63, 3.8) is 0 Å². The van der Waals surface area contributed by atoms with Crippen molar-refractivity contribution in [2.75, 3.05) is 5.32 Å². The average Bonchev–Trinajstić information content (AvgIpc) is 2.70. The van der Waals surface area contributed by atoms with Crippen LogP contribution in [0.5, 0.6) is 0 Å². The van der Waals surface area contributed by atoms with Crippen molar-refractivity contribution >= 4 is 5.82 Å². The Labute approximate surface area is 166 Å². The predicted octanol–water partition coefficient (Wildman–Crippen LogP) is 7.85. The smallest absolute Gasteiger partial charge is 0.129 e. The zero-order chi connectivity index (χ0) is 19.2. The van der Waals surface area contributed by atoms with Gasteiger partial charge in [-0.1, -0.05) is 108 Å². The van der Waals surface area contributed by atoms with E-state index in [4.69, 9.17) is 0 Å². The normalized spacial score (nSPS) is 12.1. The number of aryl methyl sites for hydroxylation is 1. The topological polar surface area (TPSA) is 24.9 Å². The van der Waals surface area contributed by atoms with E-state index in [1.807, 2.05) is 12.3 Å². The number of hydrogen-bond acceptors (Lipinski definition) is 2. The second-order valence-corrected chi connectivity index (χ2v) is 7.75.